The van der Waals surface area contributed by atoms with Crippen molar-refractivity contribution in [3.63, 3.8) is 0 Å². The second-order valence-electron chi connectivity index (χ2n) is 5.44. The molecule has 0 aliphatic rings. The van der Waals surface area contributed by atoms with Crippen LogP contribution in [0, 0.1) is 5.92 Å². The Labute approximate surface area is 124 Å². The fourth-order valence-electron chi connectivity index (χ4n) is 2.24. The molecule has 4 nitrogen and oxygen atoms in total. The fourth-order valence-corrected chi connectivity index (χ4v) is 2.24. The summed E-state index contributed by atoms with van der Waals surface area (Å²) < 4.78 is 11.1. The first-order valence-electron chi connectivity index (χ1n) is 8.17. The highest BCUT2D eigenvalue weighted by atomic mass is 16.5. The van der Waals surface area contributed by atoms with Crippen molar-refractivity contribution in [1.29, 1.82) is 0 Å². The highest BCUT2D eigenvalue weighted by Crippen LogP contribution is 2.14. The molecule has 122 valence electrons. The van der Waals surface area contributed by atoms with Gasteiger partial charge >= 0.3 is 0 Å². The summed E-state index contributed by atoms with van der Waals surface area (Å²) in [5.41, 5.74) is 0. The number of aliphatic hydroxyl groups is 2. The van der Waals surface area contributed by atoms with Crippen LogP contribution >= 0.6 is 0 Å². The Morgan fingerprint density at radius 1 is 1.00 bits per heavy atom. The van der Waals surface area contributed by atoms with E-state index in [-0.39, 0.29) is 19.3 Å². The number of aliphatic hydroxyl groups excluding tert-OH is 2. The average molecular weight is 290 g/mol. The SMILES string of the molecule is CCCCC(CC)COCC(O)C(CCC)OCCO. The predicted octanol–water partition coefficient (Wildman–Crippen LogP) is 2.76. The van der Waals surface area contributed by atoms with E-state index >= 15 is 0 Å². The Morgan fingerprint density at radius 2 is 1.75 bits per heavy atom. The summed E-state index contributed by atoms with van der Waals surface area (Å²) >= 11 is 0. The summed E-state index contributed by atoms with van der Waals surface area (Å²) in [6.45, 7) is 7.74. The van der Waals surface area contributed by atoms with Crippen LogP contribution in [0.4, 0.5) is 0 Å². The van der Waals surface area contributed by atoms with Crippen molar-refractivity contribution >= 4 is 0 Å². The molecule has 0 saturated heterocycles. The molecule has 0 aliphatic carbocycles. The van der Waals surface area contributed by atoms with E-state index in [2.05, 4.69) is 20.8 Å². The van der Waals surface area contributed by atoms with Crippen molar-refractivity contribution in [2.45, 2.75) is 71.5 Å². The van der Waals surface area contributed by atoms with Gasteiger partial charge in [-0.2, -0.15) is 0 Å². The zero-order valence-electron chi connectivity index (χ0n) is 13.5. The maximum Gasteiger partial charge on any atom is 0.103 e. The third-order valence-corrected chi connectivity index (χ3v) is 3.61. The largest absolute Gasteiger partial charge is 0.394 e. The first-order valence-corrected chi connectivity index (χ1v) is 8.17. The highest BCUT2D eigenvalue weighted by molar-refractivity contribution is 4.69. The molecule has 0 saturated carbocycles. The summed E-state index contributed by atoms with van der Waals surface area (Å²) in [5, 5.41) is 18.9. The van der Waals surface area contributed by atoms with E-state index in [4.69, 9.17) is 14.6 Å². The molecule has 0 heterocycles. The van der Waals surface area contributed by atoms with Gasteiger partial charge in [0, 0.05) is 6.61 Å². The molecular formula is C16H34O4. The Bertz CT molecular complexity index is 199. The number of hydrogen-bond donors (Lipinski definition) is 2. The number of rotatable bonds is 14. The molecule has 20 heavy (non-hydrogen) atoms. The molecule has 0 amide bonds. The minimum Gasteiger partial charge on any atom is -0.394 e. The van der Waals surface area contributed by atoms with E-state index in [1.54, 1.807) is 0 Å². The third-order valence-electron chi connectivity index (χ3n) is 3.61. The fraction of sp³-hybridized carbons (Fsp3) is 1.00. The van der Waals surface area contributed by atoms with Gasteiger partial charge in [-0.25, -0.2) is 0 Å². The Morgan fingerprint density at radius 3 is 2.30 bits per heavy atom. The third kappa shape index (κ3) is 9.70. The van der Waals surface area contributed by atoms with Crippen molar-refractivity contribution in [2.75, 3.05) is 26.4 Å². The lowest BCUT2D eigenvalue weighted by atomic mass is 10.0. The Balaban J connectivity index is 3.93. The van der Waals surface area contributed by atoms with Crippen LogP contribution in [0.5, 0.6) is 0 Å². The van der Waals surface area contributed by atoms with Gasteiger partial charge in [-0.05, 0) is 18.8 Å². The molecule has 2 N–H and O–H groups in total. The molecule has 4 heteroatoms. The number of ether oxygens (including phenoxy) is 2. The van der Waals surface area contributed by atoms with Gasteiger partial charge < -0.3 is 19.7 Å². The van der Waals surface area contributed by atoms with Crippen LogP contribution in [-0.2, 0) is 9.47 Å². The maximum atomic E-state index is 10.1. The molecule has 0 rings (SSSR count). The molecule has 0 bridgehead atoms. The van der Waals surface area contributed by atoms with Crippen molar-refractivity contribution < 1.29 is 19.7 Å². The standard InChI is InChI=1S/C16H34O4/c1-4-7-9-14(6-3)12-19-13-15(18)16(8-5-2)20-11-10-17/h14-18H,4-13H2,1-3H3. The number of hydrogen-bond acceptors (Lipinski definition) is 4. The minimum atomic E-state index is -0.606. The highest BCUT2D eigenvalue weighted by Gasteiger charge is 2.19. The monoisotopic (exact) mass is 290 g/mol. The predicted molar refractivity (Wildman–Crippen MR) is 81.9 cm³/mol. The van der Waals surface area contributed by atoms with Gasteiger partial charge in [-0.1, -0.05) is 46.5 Å². The molecule has 0 aromatic heterocycles. The van der Waals surface area contributed by atoms with Crippen LogP contribution in [0.25, 0.3) is 0 Å². The molecule has 0 fully saturated rings. The van der Waals surface area contributed by atoms with Crippen molar-refractivity contribution in [2.24, 2.45) is 5.92 Å². The molecular weight excluding hydrogens is 256 g/mol. The van der Waals surface area contributed by atoms with Crippen molar-refractivity contribution in [3.8, 4) is 0 Å². The van der Waals surface area contributed by atoms with E-state index in [0.29, 0.717) is 19.1 Å². The average Bonchev–Trinajstić information content (AvgIpc) is 2.46. The number of unbranched alkanes of at least 4 members (excludes halogenated alkanes) is 1. The minimum absolute atomic E-state index is 0.0112. The van der Waals surface area contributed by atoms with Gasteiger partial charge in [0.2, 0.25) is 0 Å². The first kappa shape index (κ1) is 19.8. The van der Waals surface area contributed by atoms with Crippen LogP contribution in [0.2, 0.25) is 0 Å². The lowest BCUT2D eigenvalue weighted by molar-refractivity contribution is -0.0846. The van der Waals surface area contributed by atoms with Crippen LogP contribution < -0.4 is 0 Å². The normalized spacial score (nSPS) is 16.1. The molecule has 3 unspecified atom stereocenters. The van der Waals surface area contributed by atoms with Gasteiger partial charge in [-0.15, -0.1) is 0 Å². The lowest BCUT2D eigenvalue weighted by Crippen LogP contribution is -2.34. The zero-order valence-corrected chi connectivity index (χ0v) is 13.5. The van der Waals surface area contributed by atoms with Crippen LogP contribution in [0.15, 0.2) is 0 Å². The molecule has 3 atom stereocenters. The van der Waals surface area contributed by atoms with Crippen LogP contribution in [0.1, 0.15) is 59.3 Å². The Hall–Kier alpha value is -0.160. The molecule has 0 aromatic rings. The summed E-state index contributed by atoms with van der Waals surface area (Å²) in [6.07, 6.45) is 5.67. The summed E-state index contributed by atoms with van der Waals surface area (Å²) in [7, 11) is 0. The quantitative estimate of drug-likeness (QED) is 0.516. The van der Waals surface area contributed by atoms with Crippen molar-refractivity contribution in [3.05, 3.63) is 0 Å². The van der Waals surface area contributed by atoms with E-state index in [1.807, 2.05) is 0 Å². The zero-order chi connectivity index (χ0) is 15.2. The van der Waals surface area contributed by atoms with Crippen LogP contribution in [0.3, 0.4) is 0 Å². The second kappa shape index (κ2) is 13.8. The summed E-state index contributed by atoms with van der Waals surface area (Å²) in [5.74, 6) is 0.588. The topological polar surface area (TPSA) is 58.9 Å². The van der Waals surface area contributed by atoms with Crippen LogP contribution in [-0.4, -0.2) is 48.8 Å². The smallest absolute Gasteiger partial charge is 0.103 e. The van der Waals surface area contributed by atoms with E-state index in [9.17, 15) is 5.11 Å². The van der Waals surface area contributed by atoms with E-state index in [0.717, 1.165) is 19.3 Å². The van der Waals surface area contributed by atoms with E-state index in [1.165, 1.54) is 19.3 Å². The molecule has 0 aromatic carbocycles. The molecule has 0 aliphatic heterocycles. The van der Waals surface area contributed by atoms with Gasteiger partial charge in [0.15, 0.2) is 0 Å². The van der Waals surface area contributed by atoms with E-state index < -0.39 is 6.10 Å². The Kier molecular flexibility index (Phi) is 13.7. The van der Waals surface area contributed by atoms with Gasteiger partial charge in [0.05, 0.1) is 25.9 Å². The molecule has 0 radical (unpaired) electrons. The first-order chi connectivity index (χ1) is 9.69. The van der Waals surface area contributed by atoms with Gasteiger partial charge in [-0.3, -0.25) is 0 Å². The van der Waals surface area contributed by atoms with Crippen molar-refractivity contribution in [1.82, 2.24) is 0 Å². The molecule has 0 spiro atoms. The second-order valence-corrected chi connectivity index (χ2v) is 5.44. The summed E-state index contributed by atoms with van der Waals surface area (Å²) in [6, 6.07) is 0. The van der Waals surface area contributed by atoms with Gasteiger partial charge in [0.1, 0.15) is 6.10 Å². The maximum absolute atomic E-state index is 10.1. The lowest BCUT2D eigenvalue weighted by Gasteiger charge is -2.23. The summed E-state index contributed by atoms with van der Waals surface area (Å²) in [4.78, 5) is 0. The van der Waals surface area contributed by atoms with Gasteiger partial charge in [0.25, 0.3) is 0 Å².